The summed E-state index contributed by atoms with van der Waals surface area (Å²) in [5, 5.41) is 0. The van der Waals surface area contributed by atoms with Gasteiger partial charge in [-0.2, -0.15) is 0 Å². The Kier molecular flexibility index (Phi) is 5.16. The molecular formula is C14H22N2O2. The normalized spacial score (nSPS) is 12.3. The number of hydrogen-bond donors (Lipinski definition) is 0. The number of hydrogen-bond acceptors (Lipinski definition) is 3. The zero-order chi connectivity index (χ0) is 13.7. The van der Waals surface area contributed by atoms with E-state index in [2.05, 4.69) is 0 Å². The number of amides is 1. The summed E-state index contributed by atoms with van der Waals surface area (Å²) in [5.74, 6) is 0.963. The van der Waals surface area contributed by atoms with Gasteiger partial charge in [0.25, 0.3) is 0 Å². The third-order valence-electron chi connectivity index (χ3n) is 3.05. The minimum absolute atomic E-state index is 0.117. The molecule has 0 N–H and O–H groups in total. The molecule has 0 aliphatic heterocycles. The van der Waals surface area contributed by atoms with E-state index in [-0.39, 0.29) is 11.9 Å². The lowest BCUT2D eigenvalue weighted by Gasteiger charge is -2.26. The smallest absolute Gasteiger partial charge is 0.239 e. The molecule has 1 atom stereocenters. The molecule has 0 saturated carbocycles. The van der Waals surface area contributed by atoms with Gasteiger partial charge in [-0.25, -0.2) is 0 Å². The minimum atomic E-state index is -0.123. The highest BCUT2D eigenvalue weighted by Gasteiger charge is 2.19. The van der Waals surface area contributed by atoms with Gasteiger partial charge >= 0.3 is 0 Å². The summed E-state index contributed by atoms with van der Waals surface area (Å²) in [5.41, 5.74) is 1.16. The lowest BCUT2D eigenvalue weighted by Crippen LogP contribution is -2.42. The van der Waals surface area contributed by atoms with Crippen LogP contribution >= 0.6 is 0 Å². The van der Waals surface area contributed by atoms with Crippen LogP contribution in [0.1, 0.15) is 12.5 Å². The molecule has 1 rings (SSSR count). The van der Waals surface area contributed by atoms with Crippen LogP contribution in [0.2, 0.25) is 0 Å². The number of nitrogens with zero attached hydrogens (tertiary/aromatic N) is 2. The molecule has 0 aliphatic carbocycles. The van der Waals surface area contributed by atoms with Crippen LogP contribution in [0.15, 0.2) is 24.3 Å². The Morgan fingerprint density at radius 2 is 1.78 bits per heavy atom. The summed E-state index contributed by atoms with van der Waals surface area (Å²) in [4.78, 5) is 15.5. The maximum atomic E-state index is 11.8. The van der Waals surface area contributed by atoms with E-state index in [0.717, 1.165) is 17.9 Å². The van der Waals surface area contributed by atoms with Gasteiger partial charge in [0.2, 0.25) is 5.91 Å². The maximum Gasteiger partial charge on any atom is 0.239 e. The maximum absolute atomic E-state index is 11.8. The van der Waals surface area contributed by atoms with Crippen molar-refractivity contribution in [3.05, 3.63) is 29.8 Å². The van der Waals surface area contributed by atoms with E-state index in [1.54, 1.807) is 26.1 Å². The van der Waals surface area contributed by atoms with E-state index >= 15 is 0 Å². The standard InChI is InChI=1S/C14H22N2O2/c1-11(14(17)15(2)3)16(4)10-12-6-8-13(18-5)9-7-12/h6-9,11H,10H2,1-5H3. The molecule has 0 spiro atoms. The molecule has 0 bridgehead atoms. The fraction of sp³-hybridized carbons (Fsp3) is 0.500. The average molecular weight is 250 g/mol. The lowest BCUT2D eigenvalue weighted by molar-refractivity contribution is -0.133. The van der Waals surface area contributed by atoms with E-state index in [0.29, 0.717) is 0 Å². The Morgan fingerprint density at radius 1 is 1.22 bits per heavy atom. The molecule has 0 saturated heterocycles. The first-order valence-electron chi connectivity index (χ1n) is 6.00. The summed E-state index contributed by atoms with van der Waals surface area (Å²) in [7, 11) is 7.16. The van der Waals surface area contributed by atoms with Crippen LogP contribution in [-0.4, -0.2) is 50.0 Å². The lowest BCUT2D eigenvalue weighted by atomic mass is 10.2. The number of ether oxygens (including phenoxy) is 1. The van der Waals surface area contributed by atoms with Crippen molar-refractivity contribution >= 4 is 5.91 Å². The minimum Gasteiger partial charge on any atom is -0.497 e. The largest absolute Gasteiger partial charge is 0.497 e. The Bertz CT molecular complexity index is 387. The number of carbonyl (C=O) groups excluding carboxylic acids is 1. The van der Waals surface area contributed by atoms with Gasteiger partial charge in [0.15, 0.2) is 0 Å². The molecule has 0 aromatic heterocycles. The predicted octanol–water partition coefficient (Wildman–Crippen LogP) is 1.60. The predicted molar refractivity (Wildman–Crippen MR) is 72.6 cm³/mol. The highest BCUT2D eigenvalue weighted by molar-refractivity contribution is 5.80. The molecule has 1 amide bonds. The van der Waals surface area contributed by atoms with E-state index < -0.39 is 0 Å². The van der Waals surface area contributed by atoms with Gasteiger partial charge in [-0.3, -0.25) is 9.69 Å². The number of rotatable bonds is 5. The van der Waals surface area contributed by atoms with Crippen LogP contribution < -0.4 is 4.74 Å². The van der Waals surface area contributed by atoms with Crippen molar-refractivity contribution in [1.82, 2.24) is 9.80 Å². The third-order valence-corrected chi connectivity index (χ3v) is 3.05. The average Bonchev–Trinajstić information content (AvgIpc) is 2.37. The van der Waals surface area contributed by atoms with Gasteiger partial charge in [-0.15, -0.1) is 0 Å². The Morgan fingerprint density at radius 3 is 2.22 bits per heavy atom. The first-order chi connectivity index (χ1) is 8.45. The highest BCUT2D eigenvalue weighted by atomic mass is 16.5. The molecular weight excluding hydrogens is 228 g/mol. The quantitative estimate of drug-likeness (QED) is 0.796. The topological polar surface area (TPSA) is 32.8 Å². The van der Waals surface area contributed by atoms with Gasteiger partial charge in [0.1, 0.15) is 5.75 Å². The molecule has 100 valence electrons. The molecule has 0 radical (unpaired) electrons. The zero-order valence-corrected chi connectivity index (χ0v) is 11.8. The number of benzene rings is 1. The fourth-order valence-electron chi connectivity index (χ4n) is 1.72. The number of carbonyl (C=O) groups is 1. The van der Waals surface area contributed by atoms with Crippen molar-refractivity contribution < 1.29 is 9.53 Å². The van der Waals surface area contributed by atoms with Crippen LogP contribution in [0.25, 0.3) is 0 Å². The van der Waals surface area contributed by atoms with Gasteiger partial charge < -0.3 is 9.64 Å². The second-order valence-corrected chi connectivity index (χ2v) is 4.67. The first kappa shape index (κ1) is 14.5. The van der Waals surface area contributed by atoms with Crippen LogP contribution in [-0.2, 0) is 11.3 Å². The molecule has 0 aliphatic rings. The van der Waals surface area contributed by atoms with Gasteiger partial charge in [0.05, 0.1) is 13.2 Å². The van der Waals surface area contributed by atoms with Crippen LogP contribution in [0, 0.1) is 0 Å². The monoisotopic (exact) mass is 250 g/mol. The number of methoxy groups -OCH3 is 1. The number of likely N-dealkylation sites (N-methyl/N-ethyl adjacent to an activating group) is 2. The molecule has 1 aromatic carbocycles. The molecule has 0 heterocycles. The molecule has 4 heteroatoms. The van der Waals surface area contributed by atoms with Crippen LogP contribution in [0.4, 0.5) is 0 Å². The second kappa shape index (κ2) is 6.40. The van der Waals surface area contributed by atoms with Gasteiger partial charge in [-0.05, 0) is 31.7 Å². The Hall–Kier alpha value is -1.55. The van der Waals surface area contributed by atoms with Crippen molar-refractivity contribution in [2.45, 2.75) is 19.5 Å². The Balaban J connectivity index is 2.63. The second-order valence-electron chi connectivity index (χ2n) is 4.67. The highest BCUT2D eigenvalue weighted by Crippen LogP contribution is 2.13. The summed E-state index contributed by atoms with van der Waals surface area (Å²) in [6.45, 7) is 2.66. The summed E-state index contributed by atoms with van der Waals surface area (Å²) in [6.07, 6.45) is 0. The molecule has 0 fully saturated rings. The van der Waals surface area contributed by atoms with Crippen LogP contribution in [0.5, 0.6) is 5.75 Å². The molecule has 4 nitrogen and oxygen atoms in total. The first-order valence-corrected chi connectivity index (χ1v) is 6.00. The summed E-state index contributed by atoms with van der Waals surface area (Å²) >= 11 is 0. The molecule has 1 aromatic rings. The molecule has 18 heavy (non-hydrogen) atoms. The van der Waals surface area contributed by atoms with E-state index in [1.807, 2.05) is 43.1 Å². The van der Waals surface area contributed by atoms with Gasteiger partial charge in [-0.1, -0.05) is 12.1 Å². The fourth-order valence-corrected chi connectivity index (χ4v) is 1.72. The summed E-state index contributed by atoms with van der Waals surface area (Å²) < 4.78 is 5.12. The van der Waals surface area contributed by atoms with Crippen molar-refractivity contribution in [2.24, 2.45) is 0 Å². The van der Waals surface area contributed by atoms with Crippen molar-refractivity contribution in [1.29, 1.82) is 0 Å². The molecule has 1 unspecified atom stereocenters. The van der Waals surface area contributed by atoms with Crippen molar-refractivity contribution in [3.63, 3.8) is 0 Å². The van der Waals surface area contributed by atoms with E-state index in [4.69, 9.17) is 4.74 Å². The summed E-state index contributed by atoms with van der Waals surface area (Å²) in [6, 6.07) is 7.77. The van der Waals surface area contributed by atoms with Crippen LogP contribution in [0.3, 0.4) is 0 Å². The van der Waals surface area contributed by atoms with E-state index in [1.165, 1.54) is 0 Å². The zero-order valence-electron chi connectivity index (χ0n) is 11.8. The third kappa shape index (κ3) is 3.74. The van der Waals surface area contributed by atoms with Gasteiger partial charge in [0, 0.05) is 20.6 Å². The Labute approximate surface area is 109 Å². The van der Waals surface area contributed by atoms with Crippen molar-refractivity contribution in [3.8, 4) is 5.75 Å². The SMILES string of the molecule is COc1ccc(CN(C)C(C)C(=O)N(C)C)cc1. The van der Waals surface area contributed by atoms with Crippen molar-refractivity contribution in [2.75, 3.05) is 28.3 Å². The van der Waals surface area contributed by atoms with E-state index in [9.17, 15) is 4.79 Å².